The second-order valence-corrected chi connectivity index (χ2v) is 8.10. The molecule has 3 heterocycles. The SMILES string of the molecule is CCc1cc2c(cc(C)n2Cc2ccc(-c3ccccc3-c3nn[nH]n3)cc2)c(C(F)(F)F)n1. The molecule has 0 aliphatic rings. The van der Waals surface area contributed by atoms with Gasteiger partial charge in [0.25, 0.3) is 0 Å². The van der Waals surface area contributed by atoms with E-state index in [0.29, 0.717) is 30.0 Å². The Kier molecular flexibility index (Phi) is 5.39. The number of aryl methyl sites for hydroxylation is 2. The first-order chi connectivity index (χ1) is 16.3. The first-order valence-electron chi connectivity index (χ1n) is 10.8. The zero-order valence-electron chi connectivity index (χ0n) is 18.6. The van der Waals surface area contributed by atoms with Crippen LogP contribution in [0.2, 0.25) is 0 Å². The molecule has 1 N–H and O–H groups in total. The molecule has 0 aliphatic heterocycles. The van der Waals surface area contributed by atoms with Crippen LogP contribution in [0.4, 0.5) is 13.2 Å². The lowest BCUT2D eigenvalue weighted by Gasteiger charge is -2.13. The summed E-state index contributed by atoms with van der Waals surface area (Å²) in [6.07, 6.45) is -4.08. The van der Waals surface area contributed by atoms with Crippen molar-refractivity contribution in [3.05, 3.63) is 83.3 Å². The lowest BCUT2D eigenvalue weighted by Crippen LogP contribution is -2.10. The van der Waals surface area contributed by atoms with Crippen LogP contribution in [0.25, 0.3) is 33.4 Å². The van der Waals surface area contributed by atoms with Crippen LogP contribution in [-0.4, -0.2) is 30.2 Å². The Morgan fingerprint density at radius 2 is 1.71 bits per heavy atom. The highest BCUT2D eigenvalue weighted by Crippen LogP contribution is 2.36. The van der Waals surface area contributed by atoms with Gasteiger partial charge in [-0.1, -0.05) is 55.5 Å². The lowest BCUT2D eigenvalue weighted by molar-refractivity contribution is -0.139. The molecule has 0 radical (unpaired) electrons. The maximum Gasteiger partial charge on any atom is 0.434 e. The van der Waals surface area contributed by atoms with E-state index in [9.17, 15) is 13.2 Å². The van der Waals surface area contributed by atoms with Crippen LogP contribution in [0, 0.1) is 6.92 Å². The molecule has 6 nitrogen and oxygen atoms in total. The van der Waals surface area contributed by atoms with E-state index in [1.807, 2.05) is 60.0 Å². The number of alkyl halides is 3. The van der Waals surface area contributed by atoms with Gasteiger partial charge in [0.1, 0.15) is 0 Å². The van der Waals surface area contributed by atoms with Crippen LogP contribution in [0.1, 0.15) is 29.6 Å². The first-order valence-corrected chi connectivity index (χ1v) is 10.8. The summed E-state index contributed by atoms with van der Waals surface area (Å²) in [5.41, 5.74) is 4.68. The van der Waals surface area contributed by atoms with Crippen molar-refractivity contribution >= 4 is 10.9 Å². The second-order valence-electron chi connectivity index (χ2n) is 8.10. The van der Waals surface area contributed by atoms with Gasteiger partial charge in [0.2, 0.25) is 5.82 Å². The molecule has 0 atom stereocenters. The molecule has 0 aliphatic carbocycles. The third kappa shape index (κ3) is 3.93. The Morgan fingerprint density at radius 1 is 0.971 bits per heavy atom. The Labute approximate surface area is 193 Å². The predicted octanol–water partition coefficient (Wildman–Crippen LogP) is 5.82. The number of benzene rings is 2. The maximum absolute atomic E-state index is 13.7. The van der Waals surface area contributed by atoms with E-state index in [4.69, 9.17) is 0 Å². The van der Waals surface area contributed by atoms with Crippen molar-refractivity contribution in [2.75, 3.05) is 0 Å². The molecule has 2 aromatic carbocycles. The molecular weight excluding hydrogens is 441 g/mol. The third-order valence-corrected chi connectivity index (χ3v) is 5.91. The van der Waals surface area contributed by atoms with E-state index < -0.39 is 11.9 Å². The standard InChI is InChI=1S/C25H21F3N6/c1-3-18-13-22-21(23(29-18)25(26,27)28)12-15(2)34(22)14-16-8-10-17(11-9-16)19-6-4-5-7-20(19)24-30-32-33-31-24/h4-13H,3,14H2,1-2H3,(H,30,31,32,33). The van der Waals surface area contributed by atoms with E-state index in [-0.39, 0.29) is 5.39 Å². The van der Waals surface area contributed by atoms with Crippen LogP contribution in [0.15, 0.2) is 60.7 Å². The van der Waals surface area contributed by atoms with E-state index in [2.05, 4.69) is 25.6 Å². The normalized spacial score (nSPS) is 11.9. The summed E-state index contributed by atoms with van der Waals surface area (Å²) in [7, 11) is 0. The Balaban J connectivity index is 1.51. The second kappa shape index (κ2) is 8.40. The Bertz CT molecular complexity index is 1450. The van der Waals surface area contributed by atoms with Gasteiger partial charge in [-0.25, -0.2) is 4.98 Å². The zero-order valence-corrected chi connectivity index (χ0v) is 18.6. The molecule has 0 unspecified atom stereocenters. The molecule has 34 heavy (non-hydrogen) atoms. The average molecular weight is 462 g/mol. The van der Waals surface area contributed by atoms with Crippen molar-refractivity contribution in [3.8, 4) is 22.5 Å². The highest BCUT2D eigenvalue weighted by molar-refractivity contribution is 5.85. The van der Waals surface area contributed by atoms with Crippen molar-refractivity contribution in [1.29, 1.82) is 0 Å². The molecule has 0 bridgehead atoms. The summed E-state index contributed by atoms with van der Waals surface area (Å²) < 4.78 is 42.9. The van der Waals surface area contributed by atoms with Gasteiger partial charge in [-0.05, 0) is 47.4 Å². The Hall–Kier alpha value is -4.01. The summed E-state index contributed by atoms with van der Waals surface area (Å²) in [5, 5.41) is 14.4. The van der Waals surface area contributed by atoms with Gasteiger partial charge in [-0.15, -0.1) is 10.2 Å². The molecule has 0 fully saturated rings. The number of rotatable bonds is 5. The number of hydrogen-bond acceptors (Lipinski definition) is 4. The summed E-state index contributed by atoms with van der Waals surface area (Å²) in [4.78, 5) is 3.87. The number of aromatic amines is 1. The molecule has 3 aromatic heterocycles. The van der Waals surface area contributed by atoms with Gasteiger partial charge >= 0.3 is 6.18 Å². The van der Waals surface area contributed by atoms with Crippen LogP contribution >= 0.6 is 0 Å². The molecule has 0 saturated carbocycles. The number of H-pyrrole nitrogens is 1. The van der Waals surface area contributed by atoms with Gasteiger partial charge in [-0.3, -0.25) is 0 Å². The highest BCUT2D eigenvalue weighted by atomic mass is 19.4. The number of hydrogen-bond donors (Lipinski definition) is 1. The Morgan fingerprint density at radius 3 is 2.35 bits per heavy atom. The van der Waals surface area contributed by atoms with Gasteiger partial charge in [0, 0.05) is 28.9 Å². The van der Waals surface area contributed by atoms with Gasteiger partial charge in [-0.2, -0.15) is 18.4 Å². The number of fused-ring (bicyclic) bond motifs is 1. The summed E-state index contributed by atoms with van der Waals surface area (Å²) in [6.45, 7) is 4.08. The van der Waals surface area contributed by atoms with Gasteiger partial charge in [0.15, 0.2) is 5.69 Å². The monoisotopic (exact) mass is 462 g/mol. The van der Waals surface area contributed by atoms with Crippen LogP contribution < -0.4 is 0 Å². The minimum atomic E-state index is -4.50. The molecule has 9 heteroatoms. The van der Waals surface area contributed by atoms with Gasteiger partial charge < -0.3 is 4.57 Å². The number of pyridine rings is 1. The molecule has 0 spiro atoms. The van der Waals surface area contributed by atoms with E-state index in [1.165, 1.54) is 0 Å². The summed E-state index contributed by atoms with van der Waals surface area (Å²) in [6, 6.07) is 19.1. The van der Waals surface area contributed by atoms with Crippen LogP contribution in [-0.2, 0) is 19.1 Å². The van der Waals surface area contributed by atoms with Crippen molar-refractivity contribution in [3.63, 3.8) is 0 Å². The first kappa shape index (κ1) is 21.8. The fourth-order valence-corrected chi connectivity index (χ4v) is 4.22. The van der Waals surface area contributed by atoms with E-state index in [1.54, 1.807) is 19.1 Å². The van der Waals surface area contributed by atoms with Crippen molar-refractivity contribution in [2.24, 2.45) is 0 Å². The smallest absolute Gasteiger partial charge is 0.340 e. The molecular formula is C25H21F3N6. The molecule has 0 amide bonds. The highest BCUT2D eigenvalue weighted by Gasteiger charge is 2.36. The largest absolute Gasteiger partial charge is 0.434 e. The fourth-order valence-electron chi connectivity index (χ4n) is 4.22. The topological polar surface area (TPSA) is 72.3 Å². The number of nitrogens with zero attached hydrogens (tertiary/aromatic N) is 5. The van der Waals surface area contributed by atoms with E-state index in [0.717, 1.165) is 27.9 Å². The summed E-state index contributed by atoms with van der Waals surface area (Å²) >= 11 is 0. The number of aromatic nitrogens is 6. The number of tetrazole rings is 1. The van der Waals surface area contributed by atoms with Crippen LogP contribution in [0.5, 0.6) is 0 Å². The molecule has 5 rings (SSSR count). The van der Waals surface area contributed by atoms with Crippen molar-refractivity contribution < 1.29 is 13.2 Å². The average Bonchev–Trinajstić information content (AvgIpc) is 3.47. The fraction of sp³-hybridized carbons (Fsp3) is 0.200. The van der Waals surface area contributed by atoms with E-state index >= 15 is 0 Å². The third-order valence-electron chi connectivity index (χ3n) is 5.91. The van der Waals surface area contributed by atoms with Gasteiger partial charge in [0.05, 0.1) is 5.52 Å². The zero-order chi connectivity index (χ0) is 23.9. The number of nitrogens with one attached hydrogen (secondary N) is 1. The minimum absolute atomic E-state index is 0.132. The summed E-state index contributed by atoms with van der Waals surface area (Å²) in [5.74, 6) is 0.509. The lowest BCUT2D eigenvalue weighted by atomic mass is 9.98. The quantitative estimate of drug-likeness (QED) is 0.357. The number of halogens is 3. The maximum atomic E-state index is 13.7. The molecule has 0 saturated heterocycles. The van der Waals surface area contributed by atoms with Crippen molar-refractivity contribution in [1.82, 2.24) is 30.2 Å². The predicted molar refractivity (Wildman–Crippen MR) is 123 cm³/mol. The van der Waals surface area contributed by atoms with Crippen LogP contribution in [0.3, 0.4) is 0 Å². The molecule has 172 valence electrons. The van der Waals surface area contributed by atoms with Crippen molar-refractivity contribution in [2.45, 2.75) is 33.0 Å². The molecule has 5 aromatic rings. The minimum Gasteiger partial charge on any atom is -0.340 e.